The summed E-state index contributed by atoms with van der Waals surface area (Å²) in [6.45, 7) is -2.27. The smallest absolute Gasteiger partial charge is 0.394 e. The largest absolute Gasteiger partial charge is 0.421 e. The van der Waals surface area contributed by atoms with E-state index >= 15 is 0 Å². The van der Waals surface area contributed by atoms with Crippen LogP contribution in [0.3, 0.4) is 0 Å². The molecule has 0 aromatic rings. The third kappa shape index (κ3) is 2.84. The van der Waals surface area contributed by atoms with Gasteiger partial charge in [-0.1, -0.05) is 0 Å². The summed E-state index contributed by atoms with van der Waals surface area (Å²) in [5.74, 6) is 0. The summed E-state index contributed by atoms with van der Waals surface area (Å²) in [6.07, 6.45) is -4.98. The zero-order chi connectivity index (χ0) is 11.4. The summed E-state index contributed by atoms with van der Waals surface area (Å²) in [5.41, 5.74) is -3.29. The molecule has 0 radical (unpaired) electrons. The third-order valence-electron chi connectivity index (χ3n) is 1.86. The van der Waals surface area contributed by atoms with Gasteiger partial charge in [0.15, 0.2) is 0 Å². The zero-order valence-corrected chi connectivity index (χ0v) is 7.58. The summed E-state index contributed by atoms with van der Waals surface area (Å²) in [5, 5.41) is 25.9. The van der Waals surface area contributed by atoms with Crippen molar-refractivity contribution < 1.29 is 33.2 Å². The third-order valence-corrected chi connectivity index (χ3v) is 1.86. The average molecular weight is 216 g/mol. The van der Waals surface area contributed by atoms with E-state index in [1.54, 1.807) is 0 Å². The van der Waals surface area contributed by atoms with Crippen LogP contribution in [0.2, 0.25) is 0 Å². The molecule has 4 nitrogen and oxygen atoms in total. The second-order valence-corrected chi connectivity index (χ2v) is 2.82. The molecule has 0 bridgehead atoms. The molecule has 0 spiro atoms. The summed E-state index contributed by atoms with van der Waals surface area (Å²) in [7, 11) is 0.972. The first-order valence-electron chi connectivity index (χ1n) is 3.92. The molecule has 0 saturated heterocycles. The van der Waals surface area contributed by atoms with Gasteiger partial charge in [0.05, 0.1) is 25.8 Å². The van der Waals surface area contributed by atoms with E-state index in [0.29, 0.717) is 0 Å². The Kier molecular flexibility index (Phi) is 4.86. The molecule has 0 saturated carbocycles. The Morgan fingerprint density at radius 1 is 1.29 bits per heavy atom. The minimum atomic E-state index is -4.98. The first-order valence-corrected chi connectivity index (χ1v) is 3.92. The van der Waals surface area contributed by atoms with Crippen LogP contribution < -0.4 is 0 Å². The molecular formula is C6H12BF3O4. The second kappa shape index (κ2) is 4.97. The molecule has 0 heterocycles. The van der Waals surface area contributed by atoms with Crippen molar-refractivity contribution in [2.24, 2.45) is 0 Å². The van der Waals surface area contributed by atoms with Crippen LogP contribution in [-0.2, 0) is 4.74 Å². The fourth-order valence-corrected chi connectivity index (χ4v) is 0.816. The standard InChI is InChI=1S/C6H12BF3O4/c7-4(14-2-1-11)5(13,3-12)6(8,9)10/h4,11-13H,1-3,7H2/t4-,5-/m1/s1. The SMILES string of the molecule is B[C@H](OCCO)[C@](O)(CO)C(F)(F)F. The topological polar surface area (TPSA) is 69.9 Å². The molecule has 3 N–H and O–H groups in total. The summed E-state index contributed by atoms with van der Waals surface area (Å²) in [4.78, 5) is 0. The van der Waals surface area contributed by atoms with Gasteiger partial charge >= 0.3 is 6.18 Å². The normalized spacial score (nSPS) is 19.0. The van der Waals surface area contributed by atoms with E-state index in [1.807, 2.05) is 0 Å². The molecule has 0 aliphatic rings. The monoisotopic (exact) mass is 216 g/mol. The Morgan fingerprint density at radius 3 is 2.07 bits per heavy atom. The van der Waals surface area contributed by atoms with Gasteiger partial charge in [0.25, 0.3) is 0 Å². The number of rotatable bonds is 5. The van der Waals surface area contributed by atoms with E-state index in [1.165, 1.54) is 0 Å². The highest BCUT2D eigenvalue weighted by molar-refractivity contribution is 6.12. The molecule has 0 aliphatic carbocycles. The van der Waals surface area contributed by atoms with Crippen molar-refractivity contribution in [1.29, 1.82) is 0 Å². The molecule has 0 aliphatic heterocycles. The van der Waals surface area contributed by atoms with Crippen molar-refractivity contribution in [2.75, 3.05) is 19.8 Å². The summed E-state index contributed by atoms with van der Waals surface area (Å²) >= 11 is 0. The second-order valence-electron chi connectivity index (χ2n) is 2.82. The predicted molar refractivity (Wildman–Crippen MR) is 43.5 cm³/mol. The Hall–Kier alpha value is -0.305. The molecule has 0 unspecified atom stereocenters. The lowest BCUT2D eigenvalue weighted by atomic mass is 9.82. The highest BCUT2D eigenvalue weighted by Crippen LogP contribution is 2.33. The van der Waals surface area contributed by atoms with Crippen molar-refractivity contribution in [1.82, 2.24) is 0 Å². The molecule has 0 aromatic heterocycles. The number of aliphatic hydroxyl groups is 3. The van der Waals surface area contributed by atoms with Gasteiger partial charge in [-0.05, 0) is 0 Å². The molecule has 0 amide bonds. The maximum atomic E-state index is 12.2. The highest BCUT2D eigenvalue weighted by Gasteiger charge is 2.57. The van der Waals surface area contributed by atoms with Gasteiger partial charge in [-0.2, -0.15) is 13.2 Å². The van der Waals surface area contributed by atoms with Gasteiger partial charge in [0, 0.05) is 0 Å². The van der Waals surface area contributed by atoms with Crippen LogP contribution in [-0.4, -0.2) is 60.8 Å². The Bertz CT molecular complexity index is 177. The van der Waals surface area contributed by atoms with Crippen LogP contribution in [0.5, 0.6) is 0 Å². The van der Waals surface area contributed by atoms with E-state index in [-0.39, 0.29) is 6.61 Å². The van der Waals surface area contributed by atoms with Crippen LogP contribution >= 0.6 is 0 Å². The summed E-state index contributed by atoms with van der Waals surface area (Å²) < 4.78 is 41.2. The van der Waals surface area contributed by atoms with Gasteiger partial charge < -0.3 is 20.1 Å². The van der Waals surface area contributed by atoms with Crippen molar-refractivity contribution in [3.05, 3.63) is 0 Å². The number of halogens is 3. The van der Waals surface area contributed by atoms with E-state index < -0.39 is 31.0 Å². The lowest BCUT2D eigenvalue weighted by Crippen LogP contribution is -2.58. The molecule has 0 rings (SSSR count). The van der Waals surface area contributed by atoms with Crippen molar-refractivity contribution in [3.63, 3.8) is 0 Å². The van der Waals surface area contributed by atoms with Crippen LogP contribution in [0, 0.1) is 0 Å². The highest BCUT2D eigenvalue weighted by atomic mass is 19.4. The fourth-order valence-electron chi connectivity index (χ4n) is 0.816. The number of ether oxygens (including phenoxy) is 1. The molecule has 14 heavy (non-hydrogen) atoms. The Morgan fingerprint density at radius 2 is 1.79 bits per heavy atom. The average Bonchev–Trinajstić information content (AvgIpc) is 2.10. The number of hydrogen-bond donors (Lipinski definition) is 3. The van der Waals surface area contributed by atoms with Crippen LogP contribution in [0.4, 0.5) is 13.2 Å². The first kappa shape index (κ1) is 13.7. The van der Waals surface area contributed by atoms with Gasteiger partial charge in [-0.25, -0.2) is 0 Å². The minimum absolute atomic E-state index is 0.334. The summed E-state index contributed by atoms with van der Waals surface area (Å²) in [6, 6.07) is -1.64. The fraction of sp³-hybridized carbons (Fsp3) is 1.00. The van der Waals surface area contributed by atoms with Gasteiger partial charge in [0.1, 0.15) is 7.85 Å². The van der Waals surface area contributed by atoms with E-state index in [9.17, 15) is 13.2 Å². The van der Waals surface area contributed by atoms with Crippen molar-refractivity contribution in [2.45, 2.75) is 17.8 Å². The van der Waals surface area contributed by atoms with Crippen LogP contribution in [0.1, 0.15) is 0 Å². The molecule has 0 aromatic carbocycles. The van der Waals surface area contributed by atoms with E-state index in [2.05, 4.69) is 4.74 Å². The number of alkyl halides is 3. The van der Waals surface area contributed by atoms with Gasteiger partial charge in [-0.3, -0.25) is 0 Å². The van der Waals surface area contributed by atoms with Crippen molar-refractivity contribution >= 4 is 7.85 Å². The number of hydrogen-bond acceptors (Lipinski definition) is 4. The van der Waals surface area contributed by atoms with Crippen LogP contribution in [0.25, 0.3) is 0 Å². The maximum absolute atomic E-state index is 12.2. The number of aliphatic hydroxyl groups excluding tert-OH is 2. The lowest BCUT2D eigenvalue weighted by Gasteiger charge is -2.33. The molecule has 0 fully saturated rings. The first-order chi connectivity index (χ1) is 6.29. The maximum Gasteiger partial charge on any atom is 0.421 e. The predicted octanol–water partition coefficient (Wildman–Crippen LogP) is -1.76. The molecular weight excluding hydrogens is 204 g/mol. The zero-order valence-electron chi connectivity index (χ0n) is 7.58. The van der Waals surface area contributed by atoms with Gasteiger partial charge in [0.2, 0.25) is 5.60 Å². The Balaban J connectivity index is 4.51. The van der Waals surface area contributed by atoms with Gasteiger partial charge in [-0.15, -0.1) is 0 Å². The van der Waals surface area contributed by atoms with E-state index in [0.717, 1.165) is 7.85 Å². The van der Waals surface area contributed by atoms with E-state index in [4.69, 9.17) is 15.3 Å². The molecule has 8 heteroatoms. The quantitative estimate of drug-likeness (QED) is 0.476. The van der Waals surface area contributed by atoms with Crippen molar-refractivity contribution in [3.8, 4) is 0 Å². The Labute approximate surface area is 79.7 Å². The minimum Gasteiger partial charge on any atom is -0.394 e. The lowest BCUT2D eigenvalue weighted by molar-refractivity contribution is -0.293. The van der Waals surface area contributed by atoms with Crippen LogP contribution in [0.15, 0.2) is 0 Å². The molecule has 84 valence electrons. The molecule has 2 atom stereocenters.